The number of hydrogen-bond acceptors (Lipinski definition) is 2. The van der Waals surface area contributed by atoms with Gasteiger partial charge in [-0.25, -0.2) is 0 Å². The zero-order chi connectivity index (χ0) is 16.1. The maximum absolute atomic E-state index is 12.3. The van der Waals surface area contributed by atoms with E-state index in [1.807, 2.05) is 18.2 Å². The third-order valence-corrected chi connectivity index (χ3v) is 5.64. The quantitative estimate of drug-likeness (QED) is 0.865. The topological polar surface area (TPSA) is 29.1 Å². The molecule has 0 saturated heterocycles. The Bertz CT molecular complexity index is 656. The Morgan fingerprint density at radius 3 is 2.74 bits per heavy atom. The monoisotopic (exact) mass is 325 g/mol. The molecule has 1 aliphatic carbocycles. The van der Waals surface area contributed by atoms with Crippen LogP contribution in [0.1, 0.15) is 47.7 Å². The molecule has 2 nitrogen and oxygen atoms in total. The standard InChI is InChI=1S/C20H23NOS/c1-15(16-8-3-2-4-9-16)23-14-20(22)21-19-13-7-11-17-10-5-6-12-18(17)19/h2-6,8-10,12,15,19H,7,11,13-14H2,1H3,(H,21,22)/t15-,19+/m1/s1. The average molecular weight is 325 g/mol. The summed E-state index contributed by atoms with van der Waals surface area (Å²) >= 11 is 1.70. The van der Waals surface area contributed by atoms with Gasteiger partial charge in [0.25, 0.3) is 0 Å². The molecular formula is C20H23NOS. The van der Waals surface area contributed by atoms with Gasteiger partial charge in [0.2, 0.25) is 5.91 Å². The van der Waals surface area contributed by atoms with Crippen molar-refractivity contribution in [1.82, 2.24) is 5.32 Å². The van der Waals surface area contributed by atoms with Crippen LogP contribution in [0.2, 0.25) is 0 Å². The fraction of sp³-hybridized carbons (Fsp3) is 0.350. The SMILES string of the molecule is C[C@@H](SCC(=O)N[C@H]1CCCc2ccccc21)c1ccccc1. The number of benzene rings is 2. The average Bonchev–Trinajstić information content (AvgIpc) is 2.61. The molecule has 0 spiro atoms. The Morgan fingerprint density at radius 1 is 1.17 bits per heavy atom. The van der Waals surface area contributed by atoms with Crippen molar-refractivity contribution in [3.05, 3.63) is 71.3 Å². The summed E-state index contributed by atoms with van der Waals surface area (Å²) in [7, 11) is 0. The van der Waals surface area contributed by atoms with E-state index in [1.54, 1.807) is 11.8 Å². The second-order valence-electron chi connectivity index (χ2n) is 6.08. The number of carbonyl (C=O) groups excluding carboxylic acids is 1. The predicted molar refractivity (Wildman–Crippen MR) is 97.6 cm³/mol. The van der Waals surface area contributed by atoms with Crippen molar-refractivity contribution < 1.29 is 4.79 Å². The first-order valence-electron chi connectivity index (χ1n) is 8.28. The second-order valence-corrected chi connectivity index (χ2v) is 7.40. The molecule has 0 radical (unpaired) electrons. The molecule has 0 fully saturated rings. The normalized spacial score (nSPS) is 18.0. The minimum Gasteiger partial charge on any atom is -0.349 e. The van der Waals surface area contributed by atoms with Crippen molar-refractivity contribution in [3.8, 4) is 0 Å². The lowest BCUT2D eigenvalue weighted by molar-refractivity contribution is -0.119. The largest absolute Gasteiger partial charge is 0.349 e. The van der Waals surface area contributed by atoms with Crippen LogP contribution in [0.15, 0.2) is 54.6 Å². The highest BCUT2D eigenvalue weighted by molar-refractivity contribution is 8.00. The lowest BCUT2D eigenvalue weighted by Crippen LogP contribution is -2.32. The van der Waals surface area contributed by atoms with Crippen LogP contribution >= 0.6 is 11.8 Å². The number of rotatable bonds is 5. The molecule has 120 valence electrons. The highest BCUT2D eigenvalue weighted by atomic mass is 32.2. The van der Waals surface area contributed by atoms with Crippen LogP contribution < -0.4 is 5.32 Å². The minimum absolute atomic E-state index is 0.138. The maximum Gasteiger partial charge on any atom is 0.230 e. The van der Waals surface area contributed by atoms with E-state index >= 15 is 0 Å². The van der Waals surface area contributed by atoms with Crippen LogP contribution in [0.5, 0.6) is 0 Å². The first-order chi connectivity index (χ1) is 11.2. The molecule has 3 rings (SSSR count). The smallest absolute Gasteiger partial charge is 0.230 e. The summed E-state index contributed by atoms with van der Waals surface area (Å²) in [6, 6.07) is 19.0. The van der Waals surface area contributed by atoms with Crippen molar-refractivity contribution in [2.75, 3.05) is 5.75 Å². The van der Waals surface area contributed by atoms with Crippen molar-refractivity contribution >= 4 is 17.7 Å². The summed E-state index contributed by atoms with van der Waals surface area (Å²) in [4.78, 5) is 12.3. The zero-order valence-corrected chi connectivity index (χ0v) is 14.3. The Labute approximate surface area is 142 Å². The van der Waals surface area contributed by atoms with Gasteiger partial charge in [-0.3, -0.25) is 4.79 Å². The third-order valence-electron chi connectivity index (χ3n) is 4.44. The Morgan fingerprint density at radius 2 is 1.91 bits per heavy atom. The van der Waals surface area contributed by atoms with Gasteiger partial charge in [0.1, 0.15) is 0 Å². The van der Waals surface area contributed by atoms with Gasteiger partial charge >= 0.3 is 0 Å². The molecule has 0 aliphatic heterocycles. The van der Waals surface area contributed by atoms with Gasteiger partial charge in [0, 0.05) is 5.25 Å². The zero-order valence-electron chi connectivity index (χ0n) is 13.5. The van der Waals surface area contributed by atoms with Crippen LogP contribution in [0, 0.1) is 0 Å². The second kappa shape index (κ2) is 7.69. The van der Waals surface area contributed by atoms with E-state index in [0.29, 0.717) is 11.0 Å². The number of nitrogens with one attached hydrogen (secondary N) is 1. The molecule has 3 heteroatoms. The first kappa shape index (κ1) is 16.1. The lowest BCUT2D eigenvalue weighted by Gasteiger charge is -2.26. The van der Waals surface area contributed by atoms with E-state index in [0.717, 1.165) is 19.3 Å². The van der Waals surface area contributed by atoms with Gasteiger partial charge in [-0.05, 0) is 42.9 Å². The summed E-state index contributed by atoms with van der Waals surface area (Å²) in [5, 5.41) is 3.56. The van der Waals surface area contributed by atoms with Gasteiger partial charge in [-0.15, -0.1) is 11.8 Å². The van der Waals surface area contributed by atoms with Crippen molar-refractivity contribution in [3.63, 3.8) is 0 Å². The molecule has 0 bridgehead atoms. The minimum atomic E-state index is 0.138. The van der Waals surface area contributed by atoms with Gasteiger partial charge in [-0.2, -0.15) is 0 Å². The van der Waals surface area contributed by atoms with Crippen molar-refractivity contribution in [2.45, 2.75) is 37.5 Å². The number of hydrogen-bond donors (Lipinski definition) is 1. The number of carbonyl (C=O) groups is 1. The van der Waals surface area contributed by atoms with E-state index in [9.17, 15) is 4.79 Å². The van der Waals surface area contributed by atoms with Crippen LogP contribution in [0.3, 0.4) is 0 Å². The predicted octanol–water partition coefficient (Wildman–Crippen LogP) is 4.67. The summed E-state index contributed by atoms with van der Waals surface area (Å²) in [6.45, 7) is 2.16. The van der Waals surface area contributed by atoms with Crippen molar-refractivity contribution in [2.24, 2.45) is 0 Å². The molecule has 2 aromatic rings. The number of thioether (sulfide) groups is 1. The first-order valence-corrected chi connectivity index (χ1v) is 9.32. The Kier molecular flexibility index (Phi) is 5.39. The Hall–Kier alpha value is -1.74. The van der Waals surface area contributed by atoms with Crippen LogP contribution in [0.25, 0.3) is 0 Å². The molecule has 0 unspecified atom stereocenters. The highest BCUT2D eigenvalue weighted by Gasteiger charge is 2.21. The van der Waals surface area contributed by atoms with Crippen LogP contribution in [-0.4, -0.2) is 11.7 Å². The summed E-state index contributed by atoms with van der Waals surface area (Å²) in [5.41, 5.74) is 3.95. The molecule has 1 amide bonds. The molecule has 2 atom stereocenters. The summed E-state index contributed by atoms with van der Waals surface area (Å²) in [6.07, 6.45) is 3.32. The molecule has 23 heavy (non-hydrogen) atoms. The van der Waals surface area contributed by atoms with Gasteiger partial charge in [0.05, 0.1) is 11.8 Å². The molecule has 2 aromatic carbocycles. The highest BCUT2D eigenvalue weighted by Crippen LogP contribution is 2.30. The molecule has 0 saturated carbocycles. The van der Waals surface area contributed by atoms with Crippen LogP contribution in [-0.2, 0) is 11.2 Å². The van der Waals surface area contributed by atoms with Gasteiger partial charge in [0.15, 0.2) is 0 Å². The maximum atomic E-state index is 12.3. The molecule has 1 aliphatic rings. The van der Waals surface area contributed by atoms with Crippen molar-refractivity contribution in [1.29, 1.82) is 0 Å². The summed E-state index contributed by atoms with van der Waals surface area (Å²) in [5.74, 6) is 0.647. The van der Waals surface area contributed by atoms with Gasteiger partial charge < -0.3 is 5.32 Å². The number of aryl methyl sites for hydroxylation is 1. The molecule has 0 heterocycles. The number of fused-ring (bicyclic) bond motifs is 1. The third kappa shape index (κ3) is 4.17. The molecule has 1 N–H and O–H groups in total. The lowest BCUT2D eigenvalue weighted by atomic mass is 9.88. The molecule has 0 aromatic heterocycles. The van der Waals surface area contributed by atoms with E-state index in [2.05, 4.69) is 48.6 Å². The molecular weight excluding hydrogens is 302 g/mol. The van der Waals surface area contributed by atoms with E-state index in [4.69, 9.17) is 0 Å². The number of amides is 1. The fourth-order valence-electron chi connectivity index (χ4n) is 3.16. The Balaban J connectivity index is 1.54. The van der Waals surface area contributed by atoms with E-state index in [-0.39, 0.29) is 11.9 Å². The van der Waals surface area contributed by atoms with Gasteiger partial charge in [-0.1, -0.05) is 54.6 Å². The van der Waals surface area contributed by atoms with E-state index < -0.39 is 0 Å². The van der Waals surface area contributed by atoms with Crippen LogP contribution in [0.4, 0.5) is 0 Å². The fourth-order valence-corrected chi connectivity index (χ4v) is 4.00. The van der Waals surface area contributed by atoms with E-state index in [1.165, 1.54) is 16.7 Å². The summed E-state index contributed by atoms with van der Waals surface area (Å²) < 4.78 is 0.